The molecule has 136 valence electrons. The number of epoxide rings is 1. The van der Waals surface area contributed by atoms with Crippen LogP contribution < -0.4 is 0 Å². The van der Waals surface area contributed by atoms with Crippen molar-refractivity contribution in [3.8, 4) is 0 Å². The van der Waals surface area contributed by atoms with E-state index in [-0.39, 0.29) is 22.6 Å². The Labute approximate surface area is 148 Å². The number of esters is 1. The molecule has 0 aromatic heterocycles. The average molecular weight is 346 g/mol. The highest BCUT2D eigenvalue weighted by Crippen LogP contribution is 2.72. The van der Waals surface area contributed by atoms with Crippen molar-refractivity contribution in [2.75, 3.05) is 19.8 Å². The maximum atomic E-state index is 12.5. The summed E-state index contributed by atoms with van der Waals surface area (Å²) in [7, 11) is 0. The van der Waals surface area contributed by atoms with Crippen molar-refractivity contribution in [2.24, 2.45) is 17.3 Å². The van der Waals surface area contributed by atoms with Crippen molar-refractivity contribution in [3.63, 3.8) is 0 Å². The van der Waals surface area contributed by atoms with Crippen molar-refractivity contribution in [2.45, 2.75) is 68.9 Å². The van der Waals surface area contributed by atoms with Crippen LogP contribution in [0.1, 0.15) is 51.9 Å². The Hall–Kier alpha value is -0.910. The summed E-state index contributed by atoms with van der Waals surface area (Å²) in [5, 5.41) is 0. The Balaban J connectivity index is 1.36. The van der Waals surface area contributed by atoms with E-state index >= 15 is 0 Å². The van der Waals surface area contributed by atoms with E-state index in [1.54, 1.807) is 0 Å². The molecule has 3 heterocycles. The highest BCUT2D eigenvalue weighted by Gasteiger charge is 2.79. The number of hydrogen-bond acceptors (Lipinski definition) is 5. The van der Waals surface area contributed by atoms with Crippen LogP contribution in [0.25, 0.3) is 0 Å². The first-order valence-electron chi connectivity index (χ1n) is 9.89. The molecule has 3 saturated heterocycles. The van der Waals surface area contributed by atoms with Gasteiger partial charge in [0.2, 0.25) is 0 Å². The van der Waals surface area contributed by atoms with Crippen molar-refractivity contribution in [1.29, 1.82) is 0 Å². The lowest BCUT2D eigenvalue weighted by Gasteiger charge is -2.51. The van der Waals surface area contributed by atoms with Crippen LogP contribution in [0.15, 0.2) is 11.6 Å². The lowest BCUT2D eigenvalue weighted by atomic mass is 9.53. The van der Waals surface area contributed by atoms with E-state index in [4.69, 9.17) is 18.9 Å². The van der Waals surface area contributed by atoms with Crippen LogP contribution in [0.2, 0.25) is 0 Å². The summed E-state index contributed by atoms with van der Waals surface area (Å²) in [4.78, 5) is 12.5. The summed E-state index contributed by atoms with van der Waals surface area (Å²) >= 11 is 0. The molecule has 6 aliphatic rings. The van der Waals surface area contributed by atoms with Crippen LogP contribution in [0.5, 0.6) is 0 Å². The van der Waals surface area contributed by atoms with Crippen molar-refractivity contribution in [1.82, 2.24) is 0 Å². The lowest BCUT2D eigenvalue weighted by molar-refractivity contribution is -0.185. The average Bonchev–Trinajstić information content (AvgIpc) is 3.09. The quantitative estimate of drug-likeness (QED) is 0.383. The van der Waals surface area contributed by atoms with Crippen LogP contribution >= 0.6 is 0 Å². The van der Waals surface area contributed by atoms with Gasteiger partial charge in [-0.1, -0.05) is 6.08 Å². The number of carbonyl (C=O) groups is 1. The smallest absolute Gasteiger partial charge is 0.312 e. The third-order valence-electron chi connectivity index (χ3n) is 8.19. The third-order valence-corrected chi connectivity index (χ3v) is 8.19. The fourth-order valence-electron chi connectivity index (χ4n) is 6.90. The van der Waals surface area contributed by atoms with Gasteiger partial charge in [0.25, 0.3) is 0 Å². The van der Waals surface area contributed by atoms with E-state index < -0.39 is 5.79 Å². The first kappa shape index (κ1) is 15.2. The van der Waals surface area contributed by atoms with Gasteiger partial charge in [-0.25, -0.2) is 0 Å². The summed E-state index contributed by atoms with van der Waals surface area (Å²) < 4.78 is 23.9. The highest BCUT2D eigenvalue weighted by molar-refractivity contribution is 5.78. The molecule has 2 saturated carbocycles. The zero-order valence-corrected chi connectivity index (χ0v) is 14.8. The summed E-state index contributed by atoms with van der Waals surface area (Å²) in [5.41, 5.74) is 0.967. The number of ether oxygens (including phenoxy) is 4. The van der Waals surface area contributed by atoms with Crippen LogP contribution in [0, 0.1) is 17.3 Å². The summed E-state index contributed by atoms with van der Waals surface area (Å²) in [6.45, 7) is 4.09. The van der Waals surface area contributed by atoms with E-state index in [9.17, 15) is 4.79 Å². The lowest BCUT2D eigenvalue weighted by Crippen LogP contribution is -2.54. The fourth-order valence-corrected chi connectivity index (χ4v) is 6.90. The SMILES string of the molecule is C[C@]12CC=C3[C@@H](CC[C@@]45CC6(CC[C@@]34O5)OCCO6)[C@@H]1CCOC2=O. The van der Waals surface area contributed by atoms with E-state index in [1.807, 2.05) is 0 Å². The molecule has 0 amide bonds. The maximum absolute atomic E-state index is 12.5. The van der Waals surface area contributed by atoms with Gasteiger partial charge in [-0.05, 0) is 56.4 Å². The van der Waals surface area contributed by atoms with E-state index in [2.05, 4.69) is 13.0 Å². The molecule has 0 aromatic carbocycles. The van der Waals surface area contributed by atoms with Crippen molar-refractivity contribution in [3.05, 3.63) is 11.6 Å². The Morgan fingerprint density at radius 2 is 1.92 bits per heavy atom. The normalized spacial score (nSPS) is 52.4. The van der Waals surface area contributed by atoms with E-state index in [1.165, 1.54) is 5.57 Å². The predicted molar refractivity (Wildman–Crippen MR) is 87.6 cm³/mol. The number of hydrogen-bond donors (Lipinski definition) is 0. The molecule has 0 bridgehead atoms. The van der Waals surface area contributed by atoms with Crippen LogP contribution in [0.4, 0.5) is 0 Å². The molecular weight excluding hydrogens is 320 g/mol. The highest BCUT2D eigenvalue weighted by atomic mass is 16.7. The number of carbonyl (C=O) groups excluding carboxylic acids is 1. The summed E-state index contributed by atoms with van der Waals surface area (Å²) in [6, 6.07) is 0. The van der Waals surface area contributed by atoms with Gasteiger partial charge in [0.1, 0.15) is 11.2 Å². The molecule has 3 aliphatic carbocycles. The van der Waals surface area contributed by atoms with Gasteiger partial charge < -0.3 is 18.9 Å². The summed E-state index contributed by atoms with van der Waals surface area (Å²) in [5.74, 6) is 0.480. The largest absolute Gasteiger partial charge is 0.465 e. The van der Waals surface area contributed by atoms with Gasteiger partial charge in [-0.15, -0.1) is 0 Å². The number of cyclic esters (lactones) is 1. The second kappa shape index (κ2) is 4.49. The molecule has 5 heteroatoms. The molecule has 5 nitrogen and oxygen atoms in total. The molecule has 0 radical (unpaired) electrons. The molecule has 0 unspecified atom stereocenters. The van der Waals surface area contributed by atoms with Crippen LogP contribution in [0.3, 0.4) is 0 Å². The third kappa shape index (κ3) is 1.68. The fraction of sp³-hybridized carbons (Fsp3) is 0.850. The Morgan fingerprint density at radius 3 is 2.76 bits per heavy atom. The molecule has 25 heavy (non-hydrogen) atoms. The Bertz CT molecular complexity index is 680. The molecule has 3 aliphatic heterocycles. The van der Waals surface area contributed by atoms with Crippen molar-refractivity contribution >= 4 is 5.97 Å². The van der Waals surface area contributed by atoms with Gasteiger partial charge in [0.05, 0.1) is 25.2 Å². The van der Waals surface area contributed by atoms with Gasteiger partial charge in [-0.2, -0.15) is 0 Å². The number of allylic oxidation sites excluding steroid dienone is 1. The molecule has 1 spiro atoms. The van der Waals surface area contributed by atoms with E-state index in [0.29, 0.717) is 31.7 Å². The molecular formula is C20H26O5. The van der Waals surface area contributed by atoms with Gasteiger partial charge in [-0.3, -0.25) is 4.79 Å². The monoisotopic (exact) mass is 346 g/mol. The first-order chi connectivity index (χ1) is 12.0. The molecule has 5 atom stereocenters. The second-order valence-corrected chi connectivity index (χ2v) is 9.17. The van der Waals surface area contributed by atoms with Gasteiger partial charge >= 0.3 is 5.97 Å². The number of rotatable bonds is 0. The Kier molecular flexibility index (Phi) is 2.73. The van der Waals surface area contributed by atoms with Crippen LogP contribution in [-0.4, -0.2) is 42.8 Å². The minimum absolute atomic E-state index is 0.000421. The number of fused-ring (bicyclic) bond motifs is 3. The molecule has 0 aromatic rings. The topological polar surface area (TPSA) is 57.3 Å². The van der Waals surface area contributed by atoms with Crippen LogP contribution in [-0.2, 0) is 23.7 Å². The second-order valence-electron chi connectivity index (χ2n) is 9.17. The summed E-state index contributed by atoms with van der Waals surface area (Å²) in [6.07, 6.45) is 9.07. The minimum atomic E-state index is -0.398. The Morgan fingerprint density at radius 1 is 1.08 bits per heavy atom. The maximum Gasteiger partial charge on any atom is 0.312 e. The van der Waals surface area contributed by atoms with Crippen molar-refractivity contribution < 1.29 is 23.7 Å². The molecule has 6 rings (SSSR count). The molecule has 0 N–H and O–H groups in total. The van der Waals surface area contributed by atoms with Gasteiger partial charge in [0.15, 0.2) is 5.79 Å². The van der Waals surface area contributed by atoms with E-state index in [0.717, 1.165) is 44.9 Å². The van der Waals surface area contributed by atoms with Gasteiger partial charge in [0, 0.05) is 12.8 Å². The zero-order valence-electron chi connectivity index (χ0n) is 14.8. The first-order valence-corrected chi connectivity index (χ1v) is 9.89. The zero-order chi connectivity index (χ0) is 16.9. The standard InChI is InChI=1S/C20H26O5/c1-17-5-3-15-13(14(17)4-9-22-16(17)21)2-6-18-12-19(23-10-11-24-19)7-8-20(15,18)25-18/h3,13-14H,2,4-12H2,1H3/t13-,14-,17-,18+,20+/m0/s1. The molecule has 5 fully saturated rings. The minimum Gasteiger partial charge on any atom is -0.465 e. The predicted octanol–water partition coefficient (Wildman–Crippen LogP) is 2.73.